The molecule has 6 heteroatoms. The lowest BCUT2D eigenvalue weighted by Crippen LogP contribution is -2.73. The molecule has 3 saturated heterocycles. The zero-order valence-electron chi connectivity index (χ0n) is 15.6. The number of piperidine rings is 1. The molecule has 0 saturated carbocycles. The molecule has 142 valence electrons. The molecule has 0 radical (unpaired) electrons. The van der Waals surface area contributed by atoms with Gasteiger partial charge in [0.25, 0.3) is 0 Å². The quantitative estimate of drug-likeness (QED) is 0.799. The molecule has 4 heterocycles. The summed E-state index contributed by atoms with van der Waals surface area (Å²) in [6.45, 7) is 5.54. The molecule has 0 N–H and O–H groups in total. The second kappa shape index (κ2) is 7.62. The van der Waals surface area contributed by atoms with Crippen LogP contribution in [-0.2, 0) is 20.9 Å². The summed E-state index contributed by atoms with van der Waals surface area (Å²) in [6.07, 6.45) is 6.80. The Labute approximate surface area is 155 Å². The SMILES string of the molecule is CN1CC[C@@H](COCc2cccnc2)CC12CN(C(=O)[C@@H]1CCOC1)C2. The molecule has 0 unspecified atom stereocenters. The lowest BCUT2D eigenvalue weighted by Gasteiger charge is -2.59. The fourth-order valence-corrected chi connectivity index (χ4v) is 4.56. The van der Waals surface area contributed by atoms with E-state index in [1.807, 2.05) is 23.2 Å². The van der Waals surface area contributed by atoms with Gasteiger partial charge in [0, 0.05) is 38.7 Å². The molecule has 3 fully saturated rings. The minimum Gasteiger partial charge on any atom is -0.381 e. The molecule has 4 rings (SSSR count). The summed E-state index contributed by atoms with van der Waals surface area (Å²) in [5, 5.41) is 0. The van der Waals surface area contributed by atoms with Crippen LogP contribution in [-0.4, -0.2) is 72.7 Å². The van der Waals surface area contributed by atoms with Crippen LogP contribution in [0.5, 0.6) is 0 Å². The number of aromatic nitrogens is 1. The first-order chi connectivity index (χ1) is 12.7. The van der Waals surface area contributed by atoms with E-state index in [4.69, 9.17) is 9.47 Å². The van der Waals surface area contributed by atoms with Crippen LogP contribution in [0.25, 0.3) is 0 Å². The normalized spacial score (nSPS) is 28.3. The second-order valence-corrected chi connectivity index (χ2v) is 8.14. The topological polar surface area (TPSA) is 54.9 Å². The molecule has 1 aromatic rings. The van der Waals surface area contributed by atoms with Crippen LogP contribution in [0.15, 0.2) is 24.5 Å². The van der Waals surface area contributed by atoms with Crippen molar-refractivity contribution >= 4 is 5.91 Å². The molecule has 1 aromatic heterocycles. The van der Waals surface area contributed by atoms with E-state index in [1.165, 1.54) is 0 Å². The minimum atomic E-state index is 0.0832. The van der Waals surface area contributed by atoms with E-state index in [9.17, 15) is 4.79 Å². The highest BCUT2D eigenvalue weighted by Gasteiger charge is 2.51. The number of rotatable bonds is 5. The van der Waals surface area contributed by atoms with E-state index < -0.39 is 0 Å². The Balaban J connectivity index is 1.26. The molecular weight excluding hydrogens is 330 g/mol. The molecule has 2 atom stereocenters. The Bertz CT molecular complexity index is 612. The number of nitrogens with zero attached hydrogens (tertiary/aromatic N) is 3. The molecular formula is C20H29N3O3. The van der Waals surface area contributed by atoms with E-state index in [-0.39, 0.29) is 17.4 Å². The lowest BCUT2D eigenvalue weighted by atomic mass is 9.75. The first-order valence-corrected chi connectivity index (χ1v) is 9.71. The highest BCUT2D eigenvalue weighted by atomic mass is 16.5. The van der Waals surface area contributed by atoms with Crippen LogP contribution in [0, 0.1) is 11.8 Å². The Morgan fingerprint density at radius 2 is 2.31 bits per heavy atom. The summed E-state index contributed by atoms with van der Waals surface area (Å²) in [6, 6.07) is 3.99. The van der Waals surface area contributed by atoms with Crippen LogP contribution in [0.3, 0.4) is 0 Å². The first kappa shape index (κ1) is 17.9. The fourth-order valence-electron chi connectivity index (χ4n) is 4.56. The summed E-state index contributed by atoms with van der Waals surface area (Å²) in [4.78, 5) is 21.2. The predicted octanol–water partition coefficient (Wildman–Crippen LogP) is 1.56. The lowest BCUT2D eigenvalue weighted by molar-refractivity contribution is -0.155. The minimum absolute atomic E-state index is 0.0832. The number of carbonyl (C=O) groups is 1. The van der Waals surface area contributed by atoms with E-state index in [2.05, 4.69) is 16.9 Å². The van der Waals surface area contributed by atoms with Crippen LogP contribution in [0.2, 0.25) is 0 Å². The van der Waals surface area contributed by atoms with Gasteiger partial charge in [-0.05, 0) is 50.4 Å². The van der Waals surface area contributed by atoms with Gasteiger partial charge in [-0.1, -0.05) is 6.07 Å². The van der Waals surface area contributed by atoms with Crippen molar-refractivity contribution < 1.29 is 14.3 Å². The van der Waals surface area contributed by atoms with E-state index in [0.717, 1.165) is 57.7 Å². The van der Waals surface area contributed by atoms with Crippen molar-refractivity contribution in [3.63, 3.8) is 0 Å². The maximum absolute atomic E-state index is 12.6. The van der Waals surface area contributed by atoms with Crippen molar-refractivity contribution in [1.82, 2.24) is 14.8 Å². The third-order valence-electron chi connectivity index (χ3n) is 6.26. The van der Waals surface area contributed by atoms with Gasteiger partial charge < -0.3 is 14.4 Å². The number of likely N-dealkylation sites (tertiary alicyclic amines) is 2. The fraction of sp³-hybridized carbons (Fsp3) is 0.700. The molecule has 3 aliphatic heterocycles. The van der Waals surface area contributed by atoms with Crippen molar-refractivity contribution in [2.75, 3.05) is 46.5 Å². The number of likely N-dealkylation sites (N-methyl/N-ethyl adjacent to an activating group) is 1. The number of ether oxygens (including phenoxy) is 2. The van der Waals surface area contributed by atoms with Gasteiger partial charge in [-0.3, -0.25) is 14.7 Å². The number of carbonyl (C=O) groups excluding carboxylic acids is 1. The molecule has 0 aliphatic carbocycles. The number of hydrogen-bond donors (Lipinski definition) is 0. The second-order valence-electron chi connectivity index (χ2n) is 8.14. The van der Waals surface area contributed by atoms with Gasteiger partial charge in [-0.25, -0.2) is 0 Å². The molecule has 3 aliphatic rings. The van der Waals surface area contributed by atoms with Crippen molar-refractivity contribution in [2.24, 2.45) is 11.8 Å². The van der Waals surface area contributed by atoms with E-state index >= 15 is 0 Å². The zero-order valence-corrected chi connectivity index (χ0v) is 15.6. The zero-order chi connectivity index (χ0) is 18.0. The highest BCUT2D eigenvalue weighted by Crippen LogP contribution is 2.39. The Morgan fingerprint density at radius 1 is 1.42 bits per heavy atom. The van der Waals surface area contributed by atoms with Crippen LogP contribution >= 0.6 is 0 Å². The molecule has 1 spiro atoms. The van der Waals surface area contributed by atoms with Gasteiger partial charge in [0.1, 0.15) is 0 Å². The Hall–Kier alpha value is -1.50. The summed E-state index contributed by atoms with van der Waals surface area (Å²) < 4.78 is 11.3. The van der Waals surface area contributed by atoms with Crippen molar-refractivity contribution in [1.29, 1.82) is 0 Å². The monoisotopic (exact) mass is 359 g/mol. The van der Waals surface area contributed by atoms with Gasteiger partial charge in [0.05, 0.1) is 24.7 Å². The number of pyridine rings is 1. The summed E-state index contributed by atoms with van der Waals surface area (Å²) in [5.41, 5.74) is 1.27. The highest BCUT2D eigenvalue weighted by molar-refractivity contribution is 5.80. The predicted molar refractivity (Wildman–Crippen MR) is 97.5 cm³/mol. The summed E-state index contributed by atoms with van der Waals surface area (Å²) >= 11 is 0. The van der Waals surface area contributed by atoms with E-state index in [1.54, 1.807) is 6.20 Å². The summed E-state index contributed by atoms with van der Waals surface area (Å²) in [5.74, 6) is 0.936. The molecule has 26 heavy (non-hydrogen) atoms. The van der Waals surface area contributed by atoms with Gasteiger partial charge in [-0.2, -0.15) is 0 Å². The third kappa shape index (κ3) is 3.63. The smallest absolute Gasteiger partial charge is 0.228 e. The van der Waals surface area contributed by atoms with Gasteiger partial charge >= 0.3 is 0 Å². The Kier molecular flexibility index (Phi) is 5.25. The van der Waals surface area contributed by atoms with Crippen LogP contribution in [0.1, 0.15) is 24.8 Å². The van der Waals surface area contributed by atoms with Crippen LogP contribution < -0.4 is 0 Å². The van der Waals surface area contributed by atoms with Crippen molar-refractivity contribution in [3.05, 3.63) is 30.1 Å². The molecule has 6 nitrogen and oxygen atoms in total. The molecule has 0 aromatic carbocycles. The Morgan fingerprint density at radius 3 is 3.04 bits per heavy atom. The maximum atomic E-state index is 12.6. The van der Waals surface area contributed by atoms with Crippen LogP contribution in [0.4, 0.5) is 0 Å². The summed E-state index contributed by atoms with van der Waals surface area (Å²) in [7, 11) is 2.20. The van der Waals surface area contributed by atoms with E-state index in [0.29, 0.717) is 19.1 Å². The average molecular weight is 359 g/mol. The average Bonchev–Trinajstić information content (AvgIpc) is 3.16. The molecule has 1 amide bonds. The largest absolute Gasteiger partial charge is 0.381 e. The van der Waals surface area contributed by atoms with Gasteiger partial charge in [0.15, 0.2) is 0 Å². The van der Waals surface area contributed by atoms with Gasteiger partial charge in [0.2, 0.25) is 5.91 Å². The molecule has 0 bridgehead atoms. The third-order valence-corrected chi connectivity index (χ3v) is 6.26. The standard InChI is InChI=1S/C20H29N3O3/c1-22-7-4-16(11-26-12-17-3-2-6-21-10-17)9-20(22)14-23(15-20)19(24)18-5-8-25-13-18/h2-3,6,10,16,18H,4-5,7-9,11-15H2,1H3/t16-,18-/m1/s1. The number of amides is 1. The number of hydrogen-bond acceptors (Lipinski definition) is 5. The van der Waals surface area contributed by atoms with Gasteiger partial charge in [-0.15, -0.1) is 0 Å². The van der Waals surface area contributed by atoms with Crippen molar-refractivity contribution in [3.8, 4) is 0 Å². The van der Waals surface area contributed by atoms with Crippen molar-refractivity contribution in [2.45, 2.75) is 31.4 Å². The maximum Gasteiger partial charge on any atom is 0.228 e. The first-order valence-electron chi connectivity index (χ1n) is 9.71.